The third-order valence-corrected chi connectivity index (χ3v) is 3.79. The van der Waals surface area contributed by atoms with E-state index in [1.54, 1.807) is 13.0 Å². The number of hydrogen-bond acceptors (Lipinski definition) is 3. The van der Waals surface area contributed by atoms with Crippen LogP contribution in [0.5, 0.6) is 11.5 Å². The zero-order chi connectivity index (χ0) is 14.0. The van der Waals surface area contributed by atoms with E-state index in [-0.39, 0.29) is 16.4 Å². The van der Waals surface area contributed by atoms with Crippen LogP contribution in [-0.2, 0) is 15.2 Å². The molecule has 2 aromatic carbocycles. The van der Waals surface area contributed by atoms with E-state index in [0.717, 1.165) is 6.07 Å². The first kappa shape index (κ1) is 13.7. The van der Waals surface area contributed by atoms with E-state index in [1.165, 1.54) is 30.3 Å². The predicted molar refractivity (Wildman–Crippen MR) is 70.6 cm³/mol. The molecule has 1 radical (unpaired) electrons. The first-order valence-electron chi connectivity index (χ1n) is 5.35. The highest BCUT2D eigenvalue weighted by Gasteiger charge is 2.17. The van der Waals surface area contributed by atoms with Crippen molar-refractivity contribution in [1.29, 1.82) is 0 Å². The van der Waals surface area contributed by atoms with Gasteiger partial charge in [0.1, 0.15) is 10.6 Å². The van der Waals surface area contributed by atoms with Gasteiger partial charge in [0, 0.05) is 11.1 Å². The third-order valence-electron chi connectivity index (χ3n) is 2.32. The van der Waals surface area contributed by atoms with E-state index < -0.39 is 10.1 Å². The Morgan fingerprint density at radius 3 is 2.47 bits per heavy atom. The predicted octanol–water partition coefficient (Wildman–Crippen LogP) is 3.56. The maximum atomic E-state index is 12.0. The van der Waals surface area contributed by atoms with Crippen molar-refractivity contribution in [2.75, 3.05) is 0 Å². The molecular formula is C13H10ClO4S. The van der Waals surface area contributed by atoms with Crippen LogP contribution in [-0.4, -0.2) is 8.42 Å². The van der Waals surface area contributed by atoms with Crippen LogP contribution in [0.2, 0.25) is 5.02 Å². The Bertz CT molecular complexity index is 690. The highest BCUT2D eigenvalue weighted by molar-refractivity contribution is 7.87. The molecule has 0 unspecified atom stereocenters. The number of hydrogen-bond donors (Lipinski definition) is 0. The molecule has 0 fully saturated rings. The molecule has 0 N–H and O–H groups in total. The molecule has 0 aliphatic rings. The van der Waals surface area contributed by atoms with Gasteiger partial charge in [0.05, 0.1) is 0 Å². The quantitative estimate of drug-likeness (QED) is 0.814. The Morgan fingerprint density at radius 2 is 1.84 bits per heavy atom. The molecule has 0 amide bonds. The van der Waals surface area contributed by atoms with Crippen molar-refractivity contribution in [1.82, 2.24) is 0 Å². The summed E-state index contributed by atoms with van der Waals surface area (Å²) in [6.45, 7) is 1.68. The molecule has 2 aromatic rings. The van der Waals surface area contributed by atoms with Crippen molar-refractivity contribution in [3.8, 4) is 11.5 Å². The lowest BCUT2D eigenvalue weighted by Crippen LogP contribution is -2.09. The van der Waals surface area contributed by atoms with Crippen LogP contribution in [0.15, 0.2) is 47.4 Å². The van der Waals surface area contributed by atoms with E-state index in [0.29, 0.717) is 10.6 Å². The number of benzene rings is 2. The molecule has 0 aliphatic carbocycles. The maximum Gasteiger partial charge on any atom is 0.339 e. The normalized spacial score (nSPS) is 11.3. The summed E-state index contributed by atoms with van der Waals surface area (Å²) in [6.07, 6.45) is 0. The summed E-state index contributed by atoms with van der Waals surface area (Å²) in [7, 11) is -3.99. The molecule has 99 valence electrons. The lowest BCUT2D eigenvalue weighted by molar-refractivity contribution is 0.353. The molecule has 0 aromatic heterocycles. The van der Waals surface area contributed by atoms with Gasteiger partial charge in [-0.25, -0.2) is 0 Å². The van der Waals surface area contributed by atoms with Gasteiger partial charge in [-0.05, 0) is 42.8 Å². The lowest BCUT2D eigenvalue weighted by Gasteiger charge is -2.08. The van der Waals surface area contributed by atoms with Crippen LogP contribution in [0.3, 0.4) is 0 Å². The van der Waals surface area contributed by atoms with Gasteiger partial charge in [0.25, 0.3) is 0 Å². The van der Waals surface area contributed by atoms with Crippen molar-refractivity contribution in [3.63, 3.8) is 0 Å². The highest BCUT2D eigenvalue weighted by atomic mass is 35.5. The average molecular weight is 298 g/mol. The zero-order valence-corrected chi connectivity index (χ0v) is 11.5. The first-order valence-corrected chi connectivity index (χ1v) is 7.14. The second kappa shape index (κ2) is 5.11. The Morgan fingerprint density at radius 1 is 1.11 bits per heavy atom. The van der Waals surface area contributed by atoms with Gasteiger partial charge in [-0.1, -0.05) is 17.7 Å². The monoisotopic (exact) mass is 297 g/mol. The van der Waals surface area contributed by atoms with Gasteiger partial charge >= 0.3 is 10.1 Å². The minimum atomic E-state index is -3.99. The first-order chi connectivity index (χ1) is 8.87. The number of aryl methyl sites for hydroxylation is 1. The zero-order valence-electron chi connectivity index (χ0n) is 9.96. The molecule has 19 heavy (non-hydrogen) atoms. The largest absolute Gasteiger partial charge is 0.379 e. The smallest absolute Gasteiger partial charge is 0.339 e. The van der Waals surface area contributed by atoms with Crippen molar-refractivity contribution in [3.05, 3.63) is 53.1 Å². The molecule has 0 saturated carbocycles. The van der Waals surface area contributed by atoms with Crippen LogP contribution < -0.4 is 4.18 Å². The van der Waals surface area contributed by atoms with Crippen LogP contribution >= 0.6 is 11.6 Å². The van der Waals surface area contributed by atoms with E-state index >= 15 is 0 Å². The molecule has 6 heteroatoms. The summed E-state index contributed by atoms with van der Waals surface area (Å²) in [5.41, 5.74) is 0.629. The van der Waals surface area contributed by atoms with Crippen molar-refractivity contribution in [2.45, 2.75) is 11.8 Å². The Labute approximate surface area is 116 Å². The third kappa shape index (κ3) is 3.39. The van der Waals surface area contributed by atoms with Crippen LogP contribution in [0.1, 0.15) is 5.56 Å². The van der Waals surface area contributed by atoms with Crippen molar-refractivity contribution in [2.24, 2.45) is 0 Å². The second-order valence-corrected chi connectivity index (χ2v) is 5.96. The SMILES string of the molecule is Cc1cc([O])cc(OS(=O)(=O)c2cccc(Cl)c2)c1. The van der Waals surface area contributed by atoms with Crippen molar-refractivity contribution >= 4 is 21.7 Å². The summed E-state index contributed by atoms with van der Waals surface area (Å²) in [5, 5.41) is 11.6. The topological polar surface area (TPSA) is 63.3 Å². The average Bonchev–Trinajstić information content (AvgIpc) is 2.26. The highest BCUT2D eigenvalue weighted by Crippen LogP contribution is 2.25. The molecule has 0 atom stereocenters. The number of rotatable bonds is 3. The second-order valence-electron chi connectivity index (χ2n) is 3.98. The maximum absolute atomic E-state index is 12.0. The summed E-state index contributed by atoms with van der Waals surface area (Å²) in [5.74, 6) is -0.318. The Kier molecular flexibility index (Phi) is 3.68. The standard InChI is InChI=1S/C13H10ClO4S/c1-9-5-11(15)8-12(6-9)18-19(16,17)13-4-2-3-10(14)7-13/h2-8H,1H3. The molecule has 0 saturated heterocycles. The Hall–Kier alpha value is -1.72. The van der Waals surface area contributed by atoms with Crippen LogP contribution in [0.4, 0.5) is 0 Å². The fourth-order valence-corrected chi connectivity index (χ4v) is 2.78. The van der Waals surface area contributed by atoms with Gasteiger partial charge < -0.3 is 4.18 Å². The molecule has 0 aliphatic heterocycles. The molecular weight excluding hydrogens is 288 g/mol. The fourth-order valence-electron chi connectivity index (χ4n) is 1.56. The Balaban J connectivity index is 2.36. The van der Waals surface area contributed by atoms with E-state index in [2.05, 4.69) is 0 Å². The van der Waals surface area contributed by atoms with Gasteiger partial charge in [-0.2, -0.15) is 8.42 Å². The van der Waals surface area contributed by atoms with Gasteiger partial charge in [0.2, 0.25) is 0 Å². The molecule has 0 spiro atoms. The van der Waals surface area contributed by atoms with Gasteiger partial charge in [-0.3, -0.25) is 5.11 Å². The van der Waals surface area contributed by atoms with E-state index in [1.807, 2.05) is 0 Å². The summed E-state index contributed by atoms with van der Waals surface area (Å²) < 4.78 is 28.9. The molecule has 0 bridgehead atoms. The van der Waals surface area contributed by atoms with Gasteiger partial charge in [-0.15, -0.1) is 0 Å². The van der Waals surface area contributed by atoms with Crippen LogP contribution in [0.25, 0.3) is 0 Å². The molecule has 2 rings (SSSR count). The van der Waals surface area contributed by atoms with Crippen molar-refractivity contribution < 1.29 is 17.7 Å². The number of halogens is 1. The fraction of sp³-hybridized carbons (Fsp3) is 0.0769. The van der Waals surface area contributed by atoms with Gasteiger partial charge in [0.15, 0.2) is 5.75 Å². The summed E-state index contributed by atoms with van der Waals surface area (Å²) in [4.78, 5) is -0.0612. The summed E-state index contributed by atoms with van der Waals surface area (Å²) in [6, 6.07) is 9.70. The minimum Gasteiger partial charge on any atom is -0.379 e. The van der Waals surface area contributed by atoms with E-state index in [4.69, 9.17) is 15.8 Å². The van der Waals surface area contributed by atoms with Crippen LogP contribution in [0, 0.1) is 6.92 Å². The summed E-state index contributed by atoms with van der Waals surface area (Å²) >= 11 is 5.73. The molecule has 4 nitrogen and oxygen atoms in total. The molecule has 0 heterocycles. The minimum absolute atomic E-state index is 0.00928. The lowest BCUT2D eigenvalue weighted by atomic mass is 10.2. The van der Waals surface area contributed by atoms with E-state index in [9.17, 15) is 13.5 Å².